The van der Waals surface area contributed by atoms with Gasteiger partial charge in [0.2, 0.25) is 0 Å². The van der Waals surface area contributed by atoms with Crippen LogP contribution < -0.4 is 0 Å². The molecule has 0 aromatic carbocycles. The average Bonchev–Trinajstić information content (AvgIpc) is 2.70. The van der Waals surface area contributed by atoms with Gasteiger partial charge >= 0.3 is 5.97 Å². The fourth-order valence-corrected chi connectivity index (χ4v) is 3.48. The number of rotatable bonds is 2. The van der Waals surface area contributed by atoms with Gasteiger partial charge in [-0.1, -0.05) is 65.0 Å². The Kier molecular flexibility index (Phi) is 6.74. The summed E-state index contributed by atoms with van der Waals surface area (Å²) in [6, 6.07) is 2.16. The first-order chi connectivity index (χ1) is 11.3. The molecule has 0 bridgehead atoms. The highest BCUT2D eigenvalue weighted by atomic mass is 32.1. The Morgan fingerprint density at radius 2 is 1.92 bits per heavy atom. The number of carboxylic acid groups (broad SMARTS) is 1. The molecule has 1 aliphatic carbocycles. The third-order valence-corrected chi connectivity index (χ3v) is 4.81. The van der Waals surface area contributed by atoms with Gasteiger partial charge in [0.1, 0.15) is 10.9 Å². The van der Waals surface area contributed by atoms with E-state index in [9.17, 15) is 15.2 Å². The second kappa shape index (κ2) is 8.12. The number of aromatic carboxylic acids is 1. The lowest BCUT2D eigenvalue weighted by Gasteiger charge is -2.19. The highest BCUT2D eigenvalue weighted by molar-refractivity contribution is 7.14. The molecule has 1 atom stereocenters. The minimum absolute atomic E-state index is 0.0218. The van der Waals surface area contributed by atoms with Crippen LogP contribution in [-0.2, 0) is 0 Å². The topological polar surface area (TPSA) is 61.1 Å². The van der Waals surface area contributed by atoms with E-state index >= 15 is 0 Å². The maximum atomic E-state index is 11.5. The third kappa shape index (κ3) is 4.24. The first-order valence-corrected chi connectivity index (χ1v) is 8.91. The van der Waals surface area contributed by atoms with Gasteiger partial charge in [-0.3, -0.25) is 0 Å². The minimum Gasteiger partial charge on any atom is -0.477 e. The summed E-state index contributed by atoms with van der Waals surface area (Å²) >= 11 is 1.17. The van der Waals surface area contributed by atoms with Crippen molar-refractivity contribution in [2.75, 3.05) is 0 Å². The van der Waals surface area contributed by atoms with E-state index in [2.05, 4.69) is 26.8 Å². The summed E-state index contributed by atoms with van der Waals surface area (Å²) in [5, 5.41) is 18.8. The zero-order valence-electron chi connectivity index (χ0n) is 15.2. The Labute approximate surface area is 148 Å². The fourth-order valence-electron chi connectivity index (χ4n) is 2.48. The Balaban J connectivity index is 0.00000139. The lowest BCUT2D eigenvalue weighted by atomic mass is 9.85. The molecule has 3 nitrogen and oxygen atoms in total. The van der Waals surface area contributed by atoms with Crippen LogP contribution in [0.2, 0.25) is 0 Å². The number of nitrogens with zero attached hydrogens (tertiary/aromatic N) is 1. The van der Waals surface area contributed by atoms with Crippen LogP contribution in [0.3, 0.4) is 0 Å². The molecule has 128 valence electrons. The maximum Gasteiger partial charge on any atom is 0.346 e. The monoisotopic (exact) mass is 343 g/mol. The van der Waals surface area contributed by atoms with E-state index in [4.69, 9.17) is 0 Å². The number of allylic oxidation sites excluding steroid dienone is 6. The van der Waals surface area contributed by atoms with E-state index in [0.717, 1.165) is 4.88 Å². The van der Waals surface area contributed by atoms with Crippen molar-refractivity contribution in [3.63, 3.8) is 0 Å². The molecular formula is C20H25NO2S. The molecule has 0 aliphatic heterocycles. The highest BCUT2D eigenvalue weighted by Crippen LogP contribution is 2.37. The van der Waals surface area contributed by atoms with Crippen LogP contribution in [0.25, 0.3) is 0 Å². The Hall–Kier alpha value is -2.12. The van der Waals surface area contributed by atoms with Gasteiger partial charge in [-0.2, -0.15) is 5.26 Å². The van der Waals surface area contributed by atoms with Crippen molar-refractivity contribution in [3.05, 3.63) is 56.8 Å². The van der Waals surface area contributed by atoms with Gasteiger partial charge in [-0.05, 0) is 17.9 Å². The van der Waals surface area contributed by atoms with Crippen LogP contribution in [0.1, 0.15) is 66.2 Å². The second-order valence-electron chi connectivity index (χ2n) is 6.33. The SMILES string of the molecule is CC.Cc1sc(C(=O)O)c(C2C=CC=C(C(C)(C)C)C=C2)c1C#N. The number of hydrogen-bond donors (Lipinski definition) is 1. The number of aryl methyl sites for hydroxylation is 1. The van der Waals surface area contributed by atoms with Gasteiger partial charge < -0.3 is 5.11 Å². The molecule has 0 fully saturated rings. The lowest BCUT2D eigenvalue weighted by molar-refractivity contribution is 0.0701. The fraction of sp³-hybridized carbons (Fsp3) is 0.400. The molecule has 0 spiro atoms. The summed E-state index contributed by atoms with van der Waals surface area (Å²) in [6.45, 7) is 12.2. The summed E-state index contributed by atoms with van der Waals surface area (Å²) in [7, 11) is 0. The first-order valence-electron chi connectivity index (χ1n) is 8.09. The lowest BCUT2D eigenvalue weighted by Crippen LogP contribution is -2.07. The van der Waals surface area contributed by atoms with Crippen molar-refractivity contribution < 1.29 is 9.90 Å². The third-order valence-electron chi connectivity index (χ3n) is 3.70. The molecule has 1 aliphatic rings. The standard InChI is InChI=1S/C18H19NO2S.C2H6/c1-11-14(10-19)15(16(22-11)17(20)21)12-6-5-7-13(9-8-12)18(2,3)4;1-2/h5-9,12H,1-4H3,(H,20,21);1-2H3. The van der Waals surface area contributed by atoms with Crippen LogP contribution in [0.4, 0.5) is 0 Å². The van der Waals surface area contributed by atoms with Gasteiger partial charge in [-0.25, -0.2) is 4.79 Å². The van der Waals surface area contributed by atoms with Crippen LogP contribution >= 0.6 is 11.3 Å². The van der Waals surface area contributed by atoms with E-state index in [1.54, 1.807) is 6.92 Å². The quantitative estimate of drug-likeness (QED) is 0.734. The summed E-state index contributed by atoms with van der Waals surface area (Å²) in [4.78, 5) is 12.5. The van der Waals surface area contributed by atoms with Crippen LogP contribution in [0.5, 0.6) is 0 Å². The molecule has 0 saturated carbocycles. The molecule has 0 amide bonds. The van der Waals surface area contributed by atoms with E-state index in [0.29, 0.717) is 11.1 Å². The molecule has 0 saturated heterocycles. The van der Waals surface area contributed by atoms with E-state index in [1.165, 1.54) is 16.9 Å². The largest absolute Gasteiger partial charge is 0.477 e. The number of carboxylic acids is 1. The molecular weight excluding hydrogens is 318 g/mol. The summed E-state index contributed by atoms with van der Waals surface area (Å²) in [6.07, 6.45) is 9.96. The summed E-state index contributed by atoms with van der Waals surface area (Å²) < 4.78 is 0. The van der Waals surface area contributed by atoms with Gasteiger partial charge in [0.15, 0.2) is 0 Å². The van der Waals surface area contributed by atoms with Gasteiger partial charge in [0.05, 0.1) is 5.56 Å². The van der Waals surface area contributed by atoms with Gasteiger partial charge in [0, 0.05) is 16.4 Å². The molecule has 1 heterocycles. The summed E-state index contributed by atoms with van der Waals surface area (Å²) in [5.41, 5.74) is 2.29. The minimum atomic E-state index is -0.973. The van der Waals surface area contributed by atoms with Crippen molar-refractivity contribution in [1.29, 1.82) is 5.26 Å². The van der Waals surface area contributed by atoms with Crippen LogP contribution in [-0.4, -0.2) is 11.1 Å². The molecule has 24 heavy (non-hydrogen) atoms. The van der Waals surface area contributed by atoms with E-state index in [-0.39, 0.29) is 16.2 Å². The highest BCUT2D eigenvalue weighted by Gasteiger charge is 2.25. The number of hydrogen-bond acceptors (Lipinski definition) is 3. The summed E-state index contributed by atoms with van der Waals surface area (Å²) in [5.74, 6) is -1.17. The van der Waals surface area contributed by atoms with Crippen molar-refractivity contribution in [2.24, 2.45) is 5.41 Å². The van der Waals surface area contributed by atoms with Crippen molar-refractivity contribution >= 4 is 17.3 Å². The van der Waals surface area contributed by atoms with Crippen molar-refractivity contribution in [1.82, 2.24) is 0 Å². The van der Waals surface area contributed by atoms with Crippen molar-refractivity contribution in [2.45, 2.75) is 47.5 Å². The van der Waals surface area contributed by atoms with Gasteiger partial charge in [-0.15, -0.1) is 11.3 Å². The smallest absolute Gasteiger partial charge is 0.346 e. The van der Waals surface area contributed by atoms with Crippen LogP contribution in [0, 0.1) is 23.7 Å². The molecule has 4 heteroatoms. The predicted octanol–water partition coefficient (Wildman–Crippen LogP) is 5.83. The molecule has 2 rings (SSSR count). The van der Waals surface area contributed by atoms with E-state index in [1.807, 2.05) is 44.2 Å². The Morgan fingerprint density at radius 1 is 1.29 bits per heavy atom. The molecule has 1 aromatic rings. The number of nitriles is 1. The molecule has 1 N–H and O–H groups in total. The Morgan fingerprint density at radius 3 is 2.42 bits per heavy atom. The predicted molar refractivity (Wildman–Crippen MR) is 101 cm³/mol. The van der Waals surface area contributed by atoms with Gasteiger partial charge in [0.25, 0.3) is 0 Å². The maximum absolute atomic E-state index is 11.5. The molecule has 0 radical (unpaired) electrons. The first kappa shape index (κ1) is 19.9. The Bertz CT molecular complexity index is 737. The van der Waals surface area contributed by atoms with E-state index < -0.39 is 5.97 Å². The van der Waals surface area contributed by atoms with Crippen molar-refractivity contribution in [3.8, 4) is 6.07 Å². The number of carbonyl (C=O) groups is 1. The zero-order chi connectivity index (χ0) is 18.5. The zero-order valence-corrected chi connectivity index (χ0v) is 16.0. The second-order valence-corrected chi connectivity index (χ2v) is 7.56. The number of thiophene rings is 1. The molecule has 1 aromatic heterocycles. The molecule has 1 unspecified atom stereocenters. The van der Waals surface area contributed by atoms with Crippen LogP contribution in [0.15, 0.2) is 36.0 Å². The average molecular weight is 343 g/mol. The normalized spacial score (nSPS) is 16.5.